The Morgan fingerprint density at radius 3 is 2.09 bits per heavy atom. The lowest BCUT2D eigenvalue weighted by molar-refractivity contribution is 0.0741. The van der Waals surface area contributed by atoms with E-state index >= 15 is 0 Å². The van der Waals surface area contributed by atoms with E-state index in [4.69, 9.17) is 9.97 Å². The number of piperazine rings is 1. The minimum atomic E-state index is 0.0567. The maximum atomic E-state index is 13.1. The third-order valence-electron chi connectivity index (χ3n) is 6.81. The summed E-state index contributed by atoms with van der Waals surface area (Å²) in [6, 6.07) is 22.2. The van der Waals surface area contributed by atoms with Gasteiger partial charge in [0.1, 0.15) is 17.3 Å². The van der Waals surface area contributed by atoms with Gasteiger partial charge in [0.15, 0.2) is 5.82 Å². The van der Waals surface area contributed by atoms with Crippen LogP contribution in [-0.2, 0) is 0 Å². The predicted molar refractivity (Wildman–Crippen MR) is 135 cm³/mol. The van der Waals surface area contributed by atoms with Gasteiger partial charge in [0.2, 0.25) is 0 Å². The molecule has 1 amide bonds. The van der Waals surface area contributed by atoms with Gasteiger partial charge in [-0.2, -0.15) is 0 Å². The number of carbonyl (C=O) groups is 1. The highest BCUT2D eigenvalue weighted by atomic mass is 16.2. The number of hydrogen-bond acceptors (Lipinski definition) is 5. The lowest BCUT2D eigenvalue weighted by atomic mass is 10.2. The van der Waals surface area contributed by atoms with E-state index < -0.39 is 0 Å². The van der Waals surface area contributed by atoms with Crippen LogP contribution < -0.4 is 9.80 Å². The van der Waals surface area contributed by atoms with Gasteiger partial charge < -0.3 is 19.7 Å². The molecule has 0 spiro atoms. The number of aromatic amines is 1. The molecule has 2 aliphatic heterocycles. The summed E-state index contributed by atoms with van der Waals surface area (Å²) < 4.78 is 0. The fourth-order valence-corrected chi connectivity index (χ4v) is 4.91. The van der Waals surface area contributed by atoms with Gasteiger partial charge in [-0.25, -0.2) is 9.97 Å². The summed E-state index contributed by atoms with van der Waals surface area (Å²) in [5, 5.41) is 1.06. The van der Waals surface area contributed by atoms with Crippen molar-refractivity contribution >= 4 is 28.4 Å². The average Bonchev–Trinajstić information content (AvgIpc) is 3.59. The quantitative estimate of drug-likeness (QED) is 0.503. The Hall–Kier alpha value is -3.87. The van der Waals surface area contributed by atoms with E-state index in [1.807, 2.05) is 53.4 Å². The average molecular weight is 453 g/mol. The van der Waals surface area contributed by atoms with Crippen molar-refractivity contribution < 1.29 is 4.79 Å². The normalized spacial score (nSPS) is 16.4. The molecule has 2 fully saturated rings. The number of rotatable bonds is 4. The van der Waals surface area contributed by atoms with E-state index in [1.54, 1.807) is 0 Å². The minimum absolute atomic E-state index is 0.0567. The number of nitrogens with one attached hydrogen (secondary N) is 1. The molecule has 2 aliphatic rings. The third-order valence-corrected chi connectivity index (χ3v) is 6.81. The number of fused-ring (bicyclic) bond motifs is 1. The number of amides is 1. The third kappa shape index (κ3) is 3.98. The van der Waals surface area contributed by atoms with Crippen LogP contribution in [0.5, 0.6) is 0 Å². The molecule has 2 saturated heterocycles. The van der Waals surface area contributed by atoms with Gasteiger partial charge in [-0.05, 0) is 25.0 Å². The van der Waals surface area contributed by atoms with Crippen LogP contribution in [-0.4, -0.2) is 65.0 Å². The highest BCUT2D eigenvalue weighted by Gasteiger charge is 2.25. The van der Waals surface area contributed by atoms with Crippen molar-refractivity contribution in [3.8, 4) is 11.4 Å². The summed E-state index contributed by atoms with van der Waals surface area (Å²) >= 11 is 0. The fourth-order valence-electron chi connectivity index (χ4n) is 4.91. The van der Waals surface area contributed by atoms with Crippen molar-refractivity contribution in [2.24, 2.45) is 0 Å². The molecule has 0 bridgehead atoms. The SMILES string of the molecule is O=C(c1cc2ccccc2[nH]1)N1CCN(c2cc(N3CCCC3)nc(-c3ccccc3)n2)CC1. The zero-order valence-electron chi connectivity index (χ0n) is 19.2. The van der Waals surface area contributed by atoms with E-state index in [1.165, 1.54) is 12.8 Å². The molecule has 1 N–H and O–H groups in total. The molecular weight excluding hydrogens is 424 g/mol. The molecule has 4 heterocycles. The molecule has 172 valence electrons. The molecule has 0 aliphatic carbocycles. The Bertz CT molecular complexity index is 1270. The molecule has 7 heteroatoms. The van der Waals surface area contributed by atoms with E-state index in [-0.39, 0.29) is 5.91 Å². The first-order chi connectivity index (χ1) is 16.7. The lowest BCUT2D eigenvalue weighted by Crippen LogP contribution is -2.49. The second-order valence-electron chi connectivity index (χ2n) is 9.02. The highest BCUT2D eigenvalue weighted by Crippen LogP contribution is 2.27. The summed E-state index contributed by atoms with van der Waals surface area (Å²) in [4.78, 5) is 32.8. The first-order valence-corrected chi connectivity index (χ1v) is 12.1. The Balaban J connectivity index is 1.22. The smallest absolute Gasteiger partial charge is 0.270 e. The molecular formula is C27H28N6O. The summed E-state index contributed by atoms with van der Waals surface area (Å²) in [6.07, 6.45) is 2.41. The zero-order valence-corrected chi connectivity index (χ0v) is 19.2. The van der Waals surface area contributed by atoms with Crippen molar-refractivity contribution in [2.75, 3.05) is 49.1 Å². The number of carbonyl (C=O) groups excluding carboxylic acids is 1. The molecule has 2 aromatic heterocycles. The minimum Gasteiger partial charge on any atom is -0.356 e. The highest BCUT2D eigenvalue weighted by molar-refractivity contribution is 5.98. The number of hydrogen-bond donors (Lipinski definition) is 1. The first-order valence-electron chi connectivity index (χ1n) is 12.1. The van der Waals surface area contributed by atoms with Gasteiger partial charge in [-0.3, -0.25) is 4.79 Å². The summed E-state index contributed by atoms with van der Waals surface area (Å²) in [6.45, 7) is 4.90. The molecule has 6 rings (SSSR count). The number of benzene rings is 2. The van der Waals surface area contributed by atoms with Gasteiger partial charge in [-0.1, -0.05) is 48.5 Å². The number of anilines is 2. The largest absolute Gasteiger partial charge is 0.356 e. The first kappa shape index (κ1) is 20.7. The van der Waals surface area contributed by atoms with Gasteiger partial charge in [-0.15, -0.1) is 0 Å². The van der Waals surface area contributed by atoms with Crippen LogP contribution in [0.15, 0.2) is 66.7 Å². The second-order valence-corrected chi connectivity index (χ2v) is 9.02. The Morgan fingerprint density at radius 2 is 1.38 bits per heavy atom. The standard InChI is InChI=1S/C27H28N6O/c34-27(23-18-21-10-4-5-11-22(21)28-23)33-16-14-32(15-17-33)25-19-24(31-12-6-7-13-31)29-26(30-25)20-8-2-1-3-9-20/h1-5,8-11,18-19,28H,6-7,12-17H2. The second kappa shape index (κ2) is 8.82. The maximum absolute atomic E-state index is 13.1. The molecule has 0 saturated carbocycles. The molecule has 4 aromatic rings. The van der Waals surface area contributed by atoms with Gasteiger partial charge in [0.25, 0.3) is 5.91 Å². The maximum Gasteiger partial charge on any atom is 0.270 e. The van der Waals surface area contributed by atoms with Gasteiger partial charge in [0.05, 0.1) is 0 Å². The van der Waals surface area contributed by atoms with Crippen LogP contribution in [0.25, 0.3) is 22.3 Å². The van der Waals surface area contributed by atoms with Gasteiger partial charge >= 0.3 is 0 Å². The van der Waals surface area contributed by atoms with E-state index in [9.17, 15) is 4.79 Å². The van der Waals surface area contributed by atoms with E-state index in [0.29, 0.717) is 18.8 Å². The lowest BCUT2D eigenvalue weighted by Gasteiger charge is -2.35. The molecule has 0 atom stereocenters. The summed E-state index contributed by atoms with van der Waals surface area (Å²) in [5.41, 5.74) is 2.67. The number of nitrogens with zero attached hydrogens (tertiary/aromatic N) is 5. The van der Waals surface area contributed by atoms with Crippen LogP contribution in [0.4, 0.5) is 11.6 Å². The Kier molecular flexibility index (Phi) is 5.37. The topological polar surface area (TPSA) is 68.4 Å². The van der Waals surface area contributed by atoms with Gasteiger partial charge in [0, 0.05) is 61.8 Å². The number of aromatic nitrogens is 3. The van der Waals surface area contributed by atoms with Crippen molar-refractivity contribution in [3.63, 3.8) is 0 Å². The Labute approximate surface area is 199 Å². The summed E-state index contributed by atoms with van der Waals surface area (Å²) in [7, 11) is 0. The van der Waals surface area contributed by atoms with Crippen molar-refractivity contribution in [3.05, 3.63) is 72.4 Å². The molecule has 0 radical (unpaired) electrons. The molecule has 0 unspecified atom stereocenters. The van der Waals surface area contributed by atoms with Crippen molar-refractivity contribution in [1.29, 1.82) is 0 Å². The van der Waals surface area contributed by atoms with Crippen LogP contribution in [0, 0.1) is 0 Å². The monoisotopic (exact) mass is 452 g/mol. The van der Waals surface area contributed by atoms with Crippen molar-refractivity contribution in [2.45, 2.75) is 12.8 Å². The molecule has 34 heavy (non-hydrogen) atoms. The van der Waals surface area contributed by atoms with Crippen molar-refractivity contribution in [1.82, 2.24) is 19.9 Å². The zero-order chi connectivity index (χ0) is 22.9. The molecule has 7 nitrogen and oxygen atoms in total. The van der Waals surface area contributed by atoms with Crippen LogP contribution in [0.3, 0.4) is 0 Å². The Morgan fingerprint density at radius 1 is 0.735 bits per heavy atom. The van der Waals surface area contributed by atoms with Crippen LogP contribution in [0.2, 0.25) is 0 Å². The van der Waals surface area contributed by atoms with E-state index in [0.717, 1.165) is 60.1 Å². The predicted octanol–water partition coefficient (Wildman–Crippen LogP) is 4.19. The molecule has 2 aromatic carbocycles. The summed E-state index contributed by atoms with van der Waals surface area (Å²) in [5.74, 6) is 2.75. The van der Waals surface area contributed by atoms with E-state index in [2.05, 4.69) is 33.0 Å². The van der Waals surface area contributed by atoms with Crippen LogP contribution in [0.1, 0.15) is 23.3 Å². The number of H-pyrrole nitrogens is 1. The fraction of sp³-hybridized carbons (Fsp3) is 0.296. The number of para-hydroxylation sites is 1. The van der Waals surface area contributed by atoms with Crippen LogP contribution >= 0.6 is 0 Å².